The van der Waals surface area contributed by atoms with Crippen LogP contribution < -0.4 is 10.0 Å². The molecule has 5 nitrogen and oxygen atoms in total. The summed E-state index contributed by atoms with van der Waals surface area (Å²) in [6, 6.07) is 15.7. The standard InChI is InChI=1S/C20H18N2O3S/c1-12(2)13-6-3-4-9-16(13)22-26(24,25)18-11-10-17-19-14(18)7-5-8-15(19)20(23)21-17/h3-12,22H,1-2H3,(H,21,23). The van der Waals surface area contributed by atoms with Crippen LogP contribution in [0, 0.1) is 0 Å². The molecule has 6 heteroatoms. The van der Waals surface area contributed by atoms with Gasteiger partial charge < -0.3 is 5.32 Å². The van der Waals surface area contributed by atoms with Crippen LogP contribution in [0.25, 0.3) is 10.8 Å². The molecule has 0 aliphatic carbocycles. The molecule has 0 bridgehead atoms. The van der Waals surface area contributed by atoms with Crippen molar-refractivity contribution in [3.63, 3.8) is 0 Å². The molecule has 1 heterocycles. The Hall–Kier alpha value is -2.86. The van der Waals surface area contributed by atoms with E-state index in [0.29, 0.717) is 27.7 Å². The van der Waals surface area contributed by atoms with E-state index in [1.165, 1.54) is 6.07 Å². The lowest BCUT2D eigenvalue weighted by Crippen LogP contribution is -2.15. The van der Waals surface area contributed by atoms with Gasteiger partial charge in [0.2, 0.25) is 0 Å². The van der Waals surface area contributed by atoms with Gasteiger partial charge in [0.25, 0.3) is 15.9 Å². The van der Waals surface area contributed by atoms with E-state index in [1.54, 1.807) is 36.4 Å². The van der Waals surface area contributed by atoms with Crippen molar-refractivity contribution in [2.45, 2.75) is 24.7 Å². The number of anilines is 2. The third-order valence-corrected chi connectivity index (χ3v) is 6.03. The number of carbonyl (C=O) groups is 1. The molecule has 0 radical (unpaired) electrons. The Balaban J connectivity index is 1.86. The first kappa shape index (κ1) is 16.6. The van der Waals surface area contributed by atoms with Crippen LogP contribution in [0.5, 0.6) is 0 Å². The summed E-state index contributed by atoms with van der Waals surface area (Å²) in [4.78, 5) is 12.2. The first-order valence-electron chi connectivity index (χ1n) is 8.37. The number of benzene rings is 3. The second kappa shape index (κ2) is 5.85. The number of para-hydroxylation sites is 1. The fourth-order valence-corrected chi connectivity index (χ4v) is 4.68. The highest BCUT2D eigenvalue weighted by Crippen LogP contribution is 2.37. The zero-order valence-electron chi connectivity index (χ0n) is 14.4. The lowest BCUT2D eigenvalue weighted by Gasteiger charge is -2.16. The molecule has 26 heavy (non-hydrogen) atoms. The quantitative estimate of drug-likeness (QED) is 0.722. The Morgan fingerprint density at radius 2 is 1.73 bits per heavy atom. The molecule has 1 aliphatic rings. The zero-order chi connectivity index (χ0) is 18.5. The lowest BCUT2D eigenvalue weighted by atomic mass is 10.0. The van der Waals surface area contributed by atoms with E-state index in [9.17, 15) is 13.2 Å². The minimum Gasteiger partial charge on any atom is -0.321 e. The van der Waals surface area contributed by atoms with Gasteiger partial charge in [0, 0.05) is 22.0 Å². The second-order valence-electron chi connectivity index (χ2n) is 6.64. The Kier molecular flexibility index (Phi) is 3.73. The third-order valence-electron chi connectivity index (χ3n) is 4.61. The van der Waals surface area contributed by atoms with Gasteiger partial charge in [-0.3, -0.25) is 9.52 Å². The summed E-state index contributed by atoms with van der Waals surface area (Å²) in [6.45, 7) is 4.03. The van der Waals surface area contributed by atoms with E-state index < -0.39 is 10.0 Å². The molecule has 132 valence electrons. The highest BCUT2D eigenvalue weighted by molar-refractivity contribution is 7.93. The van der Waals surface area contributed by atoms with Gasteiger partial charge in [-0.1, -0.05) is 44.2 Å². The van der Waals surface area contributed by atoms with Crippen LogP contribution in [0.2, 0.25) is 0 Å². The molecule has 0 saturated carbocycles. The summed E-state index contributed by atoms with van der Waals surface area (Å²) < 4.78 is 28.9. The minimum absolute atomic E-state index is 0.160. The molecule has 4 rings (SSSR count). The van der Waals surface area contributed by atoms with Gasteiger partial charge in [0.05, 0.1) is 10.6 Å². The molecule has 1 aliphatic heterocycles. The summed E-state index contributed by atoms with van der Waals surface area (Å²) in [7, 11) is -3.81. The number of sulfonamides is 1. The average Bonchev–Trinajstić information content (AvgIpc) is 2.93. The summed E-state index contributed by atoms with van der Waals surface area (Å²) in [6.07, 6.45) is 0. The van der Waals surface area contributed by atoms with Crippen LogP contribution in [-0.2, 0) is 10.0 Å². The maximum absolute atomic E-state index is 13.1. The molecule has 0 fully saturated rings. The Morgan fingerprint density at radius 1 is 0.962 bits per heavy atom. The molecule has 0 spiro atoms. The zero-order valence-corrected chi connectivity index (χ0v) is 15.2. The van der Waals surface area contributed by atoms with Crippen LogP contribution in [0.3, 0.4) is 0 Å². The molecule has 0 aromatic heterocycles. The molecule has 2 N–H and O–H groups in total. The normalized spacial score (nSPS) is 13.3. The van der Waals surface area contributed by atoms with E-state index in [2.05, 4.69) is 10.0 Å². The summed E-state index contributed by atoms with van der Waals surface area (Å²) in [5.41, 5.74) is 2.64. The monoisotopic (exact) mass is 366 g/mol. The van der Waals surface area contributed by atoms with Gasteiger partial charge in [-0.25, -0.2) is 8.42 Å². The number of rotatable bonds is 4. The van der Waals surface area contributed by atoms with Crippen LogP contribution >= 0.6 is 0 Å². The molecular weight excluding hydrogens is 348 g/mol. The number of amides is 1. The van der Waals surface area contributed by atoms with E-state index in [0.717, 1.165) is 5.56 Å². The summed E-state index contributed by atoms with van der Waals surface area (Å²) in [5, 5.41) is 3.95. The van der Waals surface area contributed by atoms with Gasteiger partial charge in [-0.2, -0.15) is 0 Å². The Bertz CT molecular complexity index is 1150. The second-order valence-corrected chi connectivity index (χ2v) is 8.29. The molecule has 0 atom stereocenters. The number of hydrogen-bond acceptors (Lipinski definition) is 3. The predicted octanol–water partition coefficient (Wildman–Crippen LogP) is 4.33. The van der Waals surface area contributed by atoms with Crippen molar-refractivity contribution >= 4 is 38.1 Å². The van der Waals surface area contributed by atoms with Crippen molar-refractivity contribution in [2.24, 2.45) is 0 Å². The first-order valence-corrected chi connectivity index (χ1v) is 9.85. The van der Waals surface area contributed by atoms with Crippen LogP contribution in [0.15, 0.2) is 59.5 Å². The lowest BCUT2D eigenvalue weighted by molar-refractivity contribution is 0.103. The van der Waals surface area contributed by atoms with Crippen molar-refractivity contribution in [1.82, 2.24) is 0 Å². The summed E-state index contributed by atoms with van der Waals surface area (Å²) >= 11 is 0. The summed E-state index contributed by atoms with van der Waals surface area (Å²) in [5.74, 6) is -0.0261. The van der Waals surface area contributed by atoms with E-state index >= 15 is 0 Å². The number of hydrogen-bond donors (Lipinski definition) is 2. The molecular formula is C20H18N2O3S. The first-order chi connectivity index (χ1) is 12.4. The van der Waals surface area contributed by atoms with E-state index in [1.807, 2.05) is 26.0 Å². The van der Waals surface area contributed by atoms with Crippen molar-refractivity contribution in [2.75, 3.05) is 10.0 Å². The highest BCUT2D eigenvalue weighted by Gasteiger charge is 2.26. The van der Waals surface area contributed by atoms with Gasteiger partial charge in [-0.05, 0) is 35.7 Å². The fourth-order valence-electron chi connectivity index (χ4n) is 3.39. The smallest absolute Gasteiger partial charge is 0.262 e. The topological polar surface area (TPSA) is 75.3 Å². The van der Waals surface area contributed by atoms with Crippen molar-refractivity contribution in [1.29, 1.82) is 0 Å². The van der Waals surface area contributed by atoms with Gasteiger partial charge in [0.1, 0.15) is 0 Å². The van der Waals surface area contributed by atoms with E-state index in [4.69, 9.17) is 0 Å². The number of nitrogens with one attached hydrogen (secondary N) is 2. The molecule has 1 amide bonds. The fraction of sp³-hybridized carbons (Fsp3) is 0.150. The Morgan fingerprint density at radius 3 is 2.50 bits per heavy atom. The van der Waals surface area contributed by atoms with Crippen LogP contribution in [0.1, 0.15) is 35.7 Å². The largest absolute Gasteiger partial charge is 0.321 e. The van der Waals surface area contributed by atoms with Gasteiger partial charge in [0.15, 0.2) is 0 Å². The SMILES string of the molecule is CC(C)c1ccccc1NS(=O)(=O)c1ccc2c3c(cccc13)C(=O)N2. The minimum atomic E-state index is -3.81. The average molecular weight is 366 g/mol. The van der Waals surface area contributed by atoms with Gasteiger partial charge >= 0.3 is 0 Å². The maximum atomic E-state index is 13.1. The van der Waals surface area contributed by atoms with Crippen molar-refractivity contribution in [3.8, 4) is 0 Å². The van der Waals surface area contributed by atoms with Crippen molar-refractivity contribution in [3.05, 3.63) is 65.7 Å². The number of carbonyl (C=O) groups excluding carboxylic acids is 1. The third kappa shape index (κ3) is 2.54. The molecule has 0 saturated heterocycles. The van der Waals surface area contributed by atoms with Gasteiger partial charge in [-0.15, -0.1) is 0 Å². The van der Waals surface area contributed by atoms with Crippen LogP contribution in [-0.4, -0.2) is 14.3 Å². The van der Waals surface area contributed by atoms with E-state index in [-0.39, 0.29) is 16.7 Å². The molecule has 3 aromatic rings. The Labute approximate surface area is 152 Å². The molecule has 0 unspecified atom stereocenters. The predicted molar refractivity (Wildman–Crippen MR) is 103 cm³/mol. The highest BCUT2D eigenvalue weighted by atomic mass is 32.2. The maximum Gasteiger partial charge on any atom is 0.262 e. The molecule has 3 aromatic carbocycles. The van der Waals surface area contributed by atoms with Crippen molar-refractivity contribution < 1.29 is 13.2 Å². The van der Waals surface area contributed by atoms with Crippen LogP contribution in [0.4, 0.5) is 11.4 Å².